The third kappa shape index (κ3) is 4.03. The highest BCUT2D eigenvalue weighted by atomic mass is 35.5. The molecule has 4 nitrogen and oxygen atoms in total. The molecule has 0 atom stereocenters. The molecule has 1 amide bonds. The molecule has 1 aliphatic rings. The quantitative estimate of drug-likeness (QED) is 0.845. The summed E-state index contributed by atoms with van der Waals surface area (Å²) in [5.41, 5.74) is 0.595. The van der Waals surface area contributed by atoms with Gasteiger partial charge in [-0.2, -0.15) is 0 Å². The monoisotopic (exact) mass is 311 g/mol. The minimum Gasteiger partial charge on any atom is -0.495 e. The van der Waals surface area contributed by atoms with Gasteiger partial charge < -0.3 is 14.8 Å². The molecule has 0 radical (unpaired) electrons. The predicted molar refractivity (Wildman–Crippen MR) is 84.4 cm³/mol. The standard InChI is InChI=1S/C16H22ClNO3/c1-20-14-10-15(21-2)13(9-12(14)17)18-16(19)11-7-5-3-4-6-8-11/h9-11H,3-8H2,1-2H3,(H,18,19). The summed E-state index contributed by atoms with van der Waals surface area (Å²) in [5.74, 6) is 1.22. The number of halogens is 1. The van der Waals surface area contributed by atoms with E-state index in [0.29, 0.717) is 22.2 Å². The lowest BCUT2D eigenvalue weighted by Gasteiger charge is -2.17. The van der Waals surface area contributed by atoms with Gasteiger partial charge in [-0.3, -0.25) is 4.79 Å². The van der Waals surface area contributed by atoms with E-state index in [1.807, 2.05) is 0 Å². The summed E-state index contributed by atoms with van der Waals surface area (Å²) in [6, 6.07) is 3.36. The number of hydrogen-bond acceptors (Lipinski definition) is 3. The molecule has 1 saturated carbocycles. The number of carbonyl (C=O) groups excluding carboxylic acids is 1. The fourth-order valence-electron chi connectivity index (χ4n) is 2.73. The van der Waals surface area contributed by atoms with E-state index < -0.39 is 0 Å². The number of carbonyl (C=O) groups is 1. The lowest BCUT2D eigenvalue weighted by atomic mass is 9.99. The van der Waals surface area contributed by atoms with E-state index in [4.69, 9.17) is 21.1 Å². The van der Waals surface area contributed by atoms with Crippen LogP contribution in [-0.4, -0.2) is 20.1 Å². The summed E-state index contributed by atoms with van der Waals surface area (Å²) >= 11 is 6.12. The molecule has 1 fully saturated rings. The summed E-state index contributed by atoms with van der Waals surface area (Å²) < 4.78 is 10.5. The van der Waals surface area contributed by atoms with Crippen LogP contribution in [0.3, 0.4) is 0 Å². The van der Waals surface area contributed by atoms with Gasteiger partial charge in [0.1, 0.15) is 11.5 Å². The second-order valence-electron chi connectivity index (χ2n) is 5.36. The van der Waals surface area contributed by atoms with Gasteiger partial charge in [-0.25, -0.2) is 0 Å². The van der Waals surface area contributed by atoms with E-state index in [0.717, 1.165) is 25.7 Å². The van der Waals surface area contributed by atoms with Gasteiger partial charge in [-0.05, 0) is 18.9 Å². The zero-order valence-electron chi connectivity index (χ0n) is 12.6. The van der Waals surface area contributed by atoms with Crippen LogP contribution in [0.15, 0.2) is 12.1 Å². The normalized spacial score (nSPS) is 16.1. The van der Waals surface area contributed by atoms with E-state index >= 15 is 0 Å². The van der Waals surface area contributed by atoms with Crippen molar-refractivity contribution < 1.29 is 14.3 Å². The van der Waals surface area contributed by atoms with Gasteiger partial charge in [0.2, 0.25) is 5.91 Å². The second-order valence-corrected chi connectivity index (χ2v) is 5.77. The Morgan fingerprint density at radius 3 is 2.29 bits per heavy atom. The van der Waals surface area contributed by atoms with Crippen LogP contribution in [0, 0.1) is 5.92 Å². The number of benzene rings is 1. The fraction of sp³-hybridized carbons (Fsp3) is 0.562. The maximum Gasteiger partial charge on any atom is 0.227 e. The first-order chi connectivity index (χ1) is 10.2. The predicted octanol–water partition coefficient (Wildman–Crippen LogP) is 4.27. The van der Waals surface area contributed by atoms with Gasteiger partial charge in [0.15, 0.2) is 0 Å². The topological polar surface area (TPSA) is 47.6 Å². The Bertz CT molecular complexity index is 497. The van der Waals surface area contributed by atoms with E-state index in [9.17, 15) is 4.79 Å². The van der Waals surface area contributed by atoms with Crippen LogP contribution < -0.4 is 14.8 Å². The zero-order valence-corrected chi connectivity index (χ0v) is 13.3. The van der Waals surface area contributed by atoms with Crippen molar-refractivity contribution in [2.45, 2.75) is 38.5 Å². The van der Waals surface area contributed by atoms with Crippen LogP contribution in [0.5, 0.6) is 11.5 Å². The molecule has 0 aromatic heterocycles. The maximum absolute atomic E-state index is 12.4. The largest absolute Gasteiger partial charge is 0.495 e. The molecule has 5 heteroatoms. The van der Waals surface area contributed by atoms with Crippen LogP contribution in [0.1, 0.15) is 38.5 Å². The van der Waals surface area contributed by atoms with Gasteiger partial charge in [0.25, 0.3) is 0 Å². The number of amides is 1. The number of hydrogen-bond donors (Lipinski definition) is 1. The zero-order chi connectivity index (χ0) is 15.2. The number of anilines is 1. The molecule has 0 saturated heterocycles. The molecule has 2 rings (SSSR count). The molecular weight excluding hydrogens is 290 g/mol. The first-order valence-electron chi connectivity index (χ1n) is 7.38. The highest BCUT2D eigenvalue weighted by molar-refractivity contribution is 6.32. The molecule has 1 aromatic carbocycles. The van der Waals surface area contributed by atoms with Crippen LogP contribution >= 0.6 is 11.6 Å². The highest BCUT2D eigenvalue weighted by Gasteiger charge is 2.21. The Kier molecular flexibility index (Phi) is 5.74. The summed E-state index contributed by atoms with van der Waals surface area (Å²) in [5, 5.41) is 3.40. The average molecular weight is 312 g/mol. The van der Waals surface area contributed by atoms with Crippen molar-refractivity contribution in [1.29, 1.82) is 0 Å². The number of nitrogens with one attached hydrogen (secondary N) is 1. The average Bonchev–Trinajstić information content (AvgIpc) is 2.76. The Labute approximate surface area is 130 Å². The van der Waals surface area contributed by atoms with Crippen molar-refractivity contribution >= 4 is 23.2 Å². The number of ether oxygens (including phenoxy) is 2. The summed E-state index contributed by atoms with van der Waals surface area (Å²) in [6.45, 7) is 0. The first-order valence-corrected chi connectivity index (χ1v) is 7.76. The van der Waals surface area contributed by atoms with Crippen LogP contribution in [0.2, 0.25) is 5.02 Å². The fourth-order valence-corrected chi connectivity index (χ4v) is 2.97. The molecule has 0 bridgehead atoms. The van der Waals surface area contributed by atoms with E-state index in [2.05, 4.69) is 5.32 Å². The van der Waals surface area contributed by atoms with Crippen LogP contribution in [0.4, 0.5) is 5.69 Å². The molecule has 1 N–H and O–H groups in total. The van der Waals surface area contributed by atoms with E-state index in [1.54, 1.807) is 26.4 Å². The van der Waals surface area contributed by atoms with Gasteiger partial charge in [-0.1, -0.05) is 37.3 Å². The number of rotatable bonds is 4. The Balaban J connectivity index is 2.14. The van der Waals surface area contributed by atoms with Crippen molar-refractivity contribution in [3.8, 4) is 11.5 Å². The van der Waals surface area contributed by atoms with E-state index in [1.165, 1.54) is 12.8 Å². The van der Waals surface area contributed by atoms with Crippen molar-refractivity contribution in [3.63, 3.8) is 0 Å². The van der Waals surface area contributed by atoms with Gasteiger partial charge in [-0.15, -0.1) is 0 Å². The Morgan fingerprint density at radius 2 is 1.71 bits per heavy atom. The molecule has 21 heavy (non-hydrogen) atoms. The summed E-state index contributed by atoms with van der Waals surface area (Å²) in [6.07, 6.45) is 6.61. The molecule has 0 aliphatic heterocycles. The smallest absolute Gasteiger partial charge is 0.227 e. The van der Waals surface area contributed by atoms with Crippen molar-refractivity contribution in [1.82, 2.24) is 0 Å². The summed E-state index contributed by atoms with van der Waals surface area (Å²) in [7, 11) is 3.11. The minimum absolute atomic E-state index is 0.0523. The van der Waals surface area contributed by atoms with Crippen LogP contribution in [0.25, 0.3) is 0 Å². The molecular formula is C16H22ClNO3. The first kappa shape index (κ1) is 16.0. The van der Waals surface area contributed by atoms with Crippen molar-refractivity contribution in [2.75, 3.05) is 19.5 Å². The third-order valence-corrected chi connectivity index (χ3v) is 4.25. The molecule has 0 unspecified atom stereocenters. The Hall–Kier alpha value is -1.42. The van der Waals surface area contributed by atoms with Gasteiger partial charge >= 0.3 is 0 Å². The molecule has 1 aliphatic carbocycles. The lowest BCUT2D eigenvalue weighted by Crippen LogP contribution is -2.22. The number of methoxy groups -OCH3 is 2. The molecule has 116 valence electrons. The molecule has 0 heterocycles. The molecule has 0 spiro atoms. The minimum atomic E-state index is 0.0523. The second kappa shape index (κ2) is 7.55. The SMILES string of the molecule is COc1cc(OC)c(NC(=O)C2CCCCCC2)cc1Cl. The van der Waals surface area contributed by atoms with Crippen molar-refractivity contribution in [2.24, 2.45) is 5.92 Å². The van der Waals surface area contributed by atoms with Crippen molar-refractivity contribution in [3.05, 3.63) is 17.2 Å². The lowest BCUT2D eigenvalue weighted by molar-refractivity contribution is -0.120. The third-order valence-electron chi connectivity index (χ3n) is 3.96. The van der Waals surface area contributed by atoms with E-state index in [-0.39, 0.29) is 11.8 Å². The Morgan fingerprint density at radius 1 is 1.10 bits per heavy atom. The van der Waals surface area contributed by atoms with Gasteiger partial charge in [0.05, 0.1) is 24.9 Å². The summed E-state index contributed by atoms with van der Waals surface area (Å²) in [4.78, 5) is 12.4. The highest BCUT2D eigenvalue weighted by Crippen LogP contribution is 2.36. The van der Waals surface area contributed by atoms with Gasteiger partial charge in [0, 0.05) is 12.0 Å². The van der Waals surface area contributed by atoms with Crippen LogP contribution in [-0.2, 0) is 4.79 Å². The maximum atomic E-state index is 12.4. The molecule has 1 aromatic rings.